The minimum atomic E-state index is 0.313. The van der Waals surface area contributed by atoms with Crippen LogP contribution in [0, 0.1) is 19.8 Å². The Morgan fingerprint density at radius 3 is 2.32 bits per heavy atom. The molecule has 2 rings (SSSR count). The van der Waals surface area contributed by atoms with Crippen LogP contribution in [0.15, 0.2) is 18.2 Å². The van der Waals surface area contributed by atoms with Gasteiger partial charge in [-0.2, -0.15) is 0 Å². The summed E-state index contributed by atoms with van der Waals surface area (Å²) in [4.78, 5) is 0. The van der Waals surface area contributed by atoms with Crippen LogP contribution >= 0.6 is 0 Å². The molecule has 1 aromatic carbocycles. The molecule has 0 amide bonds. The number of ether oxygens (including phenoxy) is 1. The van der Waals surface area contributed by atoms with Gasteiger partial charge in [-0.25, -0.2) is 0 Å². The van der Waals surface area contributed by atoms with E-state index in [2.05, 4.69) is 44.3 Å². The lowest BCUT2D eigenvalue weighted by Gasteiger charge is -2.28. The Morgan fingerprint density at radius 2 is 1.84 bits per heavy atom. The number of hydrogen-bond donors (Lipinski definition) is 1. The van der Waals surface area contributed by atoms with E-state index in [-0.39, 0.29) is 0 Å². The van der Waals surface area contributed by atoms with Gasteiger partial charge in [-0.1, -0.05) is 36.2 Å². The van der Waals surface area contributed by atoms with Gasteiger partial charge in [-0.3, -0.25) is 0 Å². The first kappa shape index (κ1) is 14.5. The Morgan fingerprint density at radius 1 is 1.21 bits per heavy atom. The van der Waals surface area contributed by atoms with E-state index in [1.54, 1.807) is 0 Å². The van der Waals surface area contributed by atoms with Crippen LogP contribution in [0.2, 0.25) is 0 Å². The zero-order valence-corrected chi connectivity index (χ0v) is 12.7. The van der Waals surface area contributed by atoms with Gasteiger partial charge >= 0.3 is 0 Å². The smallest absolute Gasteiger partial charge is 0.0794 e. The zero-order chi connectivity index (χ0) is 13.8. The summed E-state index contributed by atoms with van der Waals surface area (Å²) in [6.07, 6.45) is 4.09. The highest BCUT2D eigenvalue weighted by Crippen LogP contribution is 2.40. The van der Waals surface area contributed by atoms with E-state index in [1.807, 2.05) is 7.11 Å². The van der Waals surface area contributed by atoms with Gasteiger partial charge in [0.05, 0.1) is 12.1 Å². The van der Waals surface area contributed by atoms with Gasteiger partial charge in [0, 0.05) is 7.11 Å². The number of methoxy groups -OCH3 is 1. The second-order valence-electron chi connectivity index (χ2n) is 5.89. The van der Waals surface area contributed by atoms with E-state index in [0.29, 0.717) is 12.1 Å². The maximum absolute atomic E-state index is 5.81. The molecule has 2 nitrogen and oxygen atoms in total. The zero-order valence-electron chi connectivity index (χ0n) is 12.7. The van der Waals surface area contributed by atoms with Gasteiger partial charge in [0.2, 0.25) is 0 Å². The average molecular weight is 261 g/mol. The summed E-state index contributed by atoms with van der Waals surface area (Å²) in [5.74, 6) is 0.736. The first-order valence-electron chi connectivity index (χ1n) is 7.50. The van der Waals surface area contributed by atoms with E-state index in [9.17, 15) is 0 Å². The average Bonchev–Trinajstić information content (AvgIpc) is 3.17. The number of nitrogens with one attached hydrogen (secondary N) is 1. The van der Waals surface area contributed by atoms with E-state index >= 15 is 0 Å². The predicted octanol–water partition coefficient (Wildman–Crippen LogP) is 3.77. The van der Waals surface area contributed by atoms with Crippen molar-refractivity contribution in [3.05, 3.63) is 34.9 Å². The first-order valence-corrected chi connectivity index (χ1v) is 7.50. The van der Waals surface area contributed by atoms with Crippen LogP contribution < -0.4 is 5.32 Å². The summed E-state index contributed by atoms with van der Waals surface area (Å²) >= 11 is 0. The Hall–Kier alpha value is -0.860. The van der Waals surface area contributed by atoms with Crippen LogP contribution in [0.4, 0.5) is 0 Å². The van der Waals surface area contributed by atoms with Crippen molar-refractivity contribution in [2.24, 2.45) is 5.92 Å². The Kier molecular flexibility index (Phi) is 5.00. The molecule has 1 aliphatic carbocycles. The predicted molar refractivity (Wildman–Crippen MR) is 80.5 cm³/mol. The molecule has 0 bridgehead atoms. The topological polar surface area (TPSA) is 21.3 Å². The number of benzene rings is 1. The molecule has 1 N–H and O–H groups in total. The molecule has 1 aliphatic rings. The van der Waals surface area contributed by atoms with E-state index in [0.717, 1.165) is 18.9 Å². The largest absolute Gasteiger partial charge is 0.379 e. The molecule has 0 aliphatic heterocycles. The van der Waals surface area contributed by atoms with Gasteiger partial charge in [-0.15, -0.1) is 0 Å². The summed E-state index contributed by atoms with van der Waals surface area (Å²) in [5, 5.41) is 3.69. The van der Waals surface area contributed by atoms with E-state index in [4.69, 9.17) is 4.74 Å². The third-order valence-electron chi connectivity index (χ3n) is 3.90. The van der Waals surface area contributed by atoms with E-state index < -0.39 is 0 Å². The lowest BCUT2D eigenvalue weighted by Crippen LogP contribution is -2.35. The second kappa shape index (κ2) is 6.53. The lowest BCUT2D eigenvalue weighted by atomic mass is 9.95. The normalized spacial score (nSPS) is 18.3. The molecule has 1 aromatic rings. The second-order valence-corrected chi connectivity index (χ2v) is 5.89. The fourth-order valence-electron chi connectivity index (χ4n) is 2.94. The van der Waals surface area contributed by atoms with Gasteiger partial charge in [0.1, 0.15) is 0 Å². The van der Waals surface area contributed by atoms with Crippen LogP contribution in [0.3, 0.4) is 0 Å². The van der Waals surface area contributed by atoms with Crippen LogP contribution in [0.5, 0.6) is 0 Å². The highest BCUT2D eigenvalue weighted by atomic mass is 16.5. The van der Waals surface area contributed by atoms with Crippen molar-refractivity contribution in [3.8, 4) is 0 Å². The molecule has 106 valence electrons. The Labute approximate surface area is 117 Å². The molecule has 2 unspecified atom stereocenters. The monoisotopic (exact) mass is 261 g/mol. The van der Waals surface area contributed by atoms with Crippen molar-refractivity contribution >= 4 is 0 Å². The van der Waals surface area contributed by atoms with Crippen LogP contribution in [-0.4, -0.2) is 19.8 Å². The first-order chi connectivity index (χ1) is 9.15. The van der Waals surface area contributed by atoms with Crippen molar-refractivity contribution in [1.82, 2.24) is 5.32 Å². The van der Waals surface area contributed by atoms with Crippen LogP contribution in [0.1, 0.15) is 48.9 Å². The molecular formula is C17H27NO. The van der Waals surface area contributed by atoms with Crippen molar-refractivity contribution < 1.29 is 4.74 Å². The summed E-state index contributed by atoms with van der Waals surface area (Å²) in [5.41, 5.74) is 4.05. The van der Waals surface area contributed by atoms with Gasteiger partial charge < -0.3 is 10.1 Å². The Balaban J connectivity index is 2.24. The molecule has 0 aromatic heterocycles. The molecule has 0 saturated heterocycles. The fraction of sp³-hybridized carbons (Fsp3) is 0.647. The van der Waals surface area contributed by atoms with Crippen molar-refractivity contribution in [1.29, 1.82) is 0 Å². The molecule has 0 radical (unpaired) electrons. The minimum Gasteiger partial charge on any atom is -0.379 e. The molecule has 2 atom stereocenters. The van der Waals surface area contributed by atoms with Crippen molar-refractivity contribution in [2.75, 3.05) is 13.7 Å². The van der Waals surface area contributed by atoms with Crippen LogP contribution in [-0.2, 0) is 4.74 Å². The van der Waals surface area contributed by atoms with Crippen LogP contribution in [0.25, 0.3) is 0 Å². The third-order valence-corrected chi connectivity index (χ3v) is 3.90. The highest BCUT2D eigenvalue weighted by Gasteiger charge is 2.37. The number of hydrogen-bond acceptors (Lipinski definition) is 2. The van der Waals surface area contributed by atoms with Gasteiger partial charge in [0.25, 0.3) is 0 Å². The minimum absolute atomic E-state index is 0.313. The third kappa shape index (κ3) is 3.80. The number of aryl methyl sites for hydroxylation is 2. The standard InChI is InChI=1S/C17H27NO/c1-5-8-18-16(17(19-4)14-6-7-14)15-10-12(2)9-13(3)11-15/h9-11,14,16-18H,5-8H2,1-4H3. The summed E-state index contributed by atoms with van der Waals surface area (Å²) in [7, 11) is 1.85. The lowest BCUT2D eigenvalue weighted by molar-refractivity contribution is 0.0506. The molecule has 19 heavy (non-hydrogen) atoms. The molecule has 0 heterocycles. The maximum Gasteiger partial charge on any atom is 0.0794 e. The fourth-order valence-corrected chi connectivity index (χ4v) is 2.94. The summed E-state index contributed by atoms with van der Waals surface area (Å²) in [6, 6.07) is 7.17. The Bertz CT molecular complexity index is 391. The maximum atomic E-state index is 5.81. The van der Waals surface area contributed by atoms with Crippen molar-refractivity contribution in [2.45, 2.75) is 52.2 Å². The molecule has 2 heteroatoms. The summed E-state index contributed by atoms with van der Waals surface area (Å²) < 4.78 is 5.81. The molecule has 0 spiro atoms. The summed E-state index contributed by atoms with van der Waals surface area (Å²) in [6.45, 7) is 7.60. The number of rotatable bonds is 7. The van der Waals surface area contributed by atoms with E-state index in [1.165, 1.54) is 29.5 Å². The van der Waals surface area contributed by atoms with Gasteiger partial charge in [-0.05, 0) is 51.1 Å². The molecule has 1 fully saturated rings. The SMILES string of the molecule is CCCNC(c1cc(C)cc(C)c1)C(OC)C1CC1. The van der Waals surface area contributed by atoms with Gasteiger partial charge in [0.15, 0.2) is 0 Å². The van der Waals surface area contributed by atoms with Crippen molar-refractivity contribution in [3.63, 3.8) is 0 Å². The quantitative estimate of drug-likeness (QED) is 0.806. The molecule has 1 saturated carbocycles. The molecular weight excluding hydrogens is 234 g/mol. The highest BCUT2D eigenvalue weighted by molar-refractivity contribution is 5.31.